The van der Waals surface area contributed by atoms with E-state index in [1.54, 1.807) is 0 Å². The van der Waals surface area contributed by atoms with Crippen molar-refractivity contribution in [3.63, 3.8) is 0 Å². The molecule has 0 unspecified atom stereocenters. The summed E-state index contributed by atoms with van der Waals surface area (Å²) in [5.74, 6) is 0.755. The number of carbonyl (C=O) groups is 1. The van der Waals surface area contributed by atoms with E-state index in [-0.39, 0.29) is 18.5 Å². The van der Waals surface area contributed by atoms with Gasteiger partial charge in [0.1, 0.15) is 18.5 Å². The van der Waals surface area contributed by atoms with Crippen LogP contribution in [0.5, 0.6) is 5.75 Å². The highest BCUT2D eigenvalue weighted by Gasteiger charge is 2.15. The molecule has 5 heteroatoms. The van der Waals surface area contributed by atoms with E-state index < -0.39 is 0 Å². The van der Waals surface area contributed by atoms with Crippen LogP contribution < -0.4 is 4.74 Å². The number of rotatable bonds is 11. The van der Waals surface area contributed by atoms with Crippen LogP contribution in [0.15, 0.2) is 66.9 Å². The van der Waals surface area contributed by atoms with Crippen LogP contribution >= 0.6 is 0 Å². The second-order valence-corrected chi connectivity index (χ2v) is 7.85. The molecule has 0 spiro atoms. The zero-order valence-corrected chi connectivity index (χ0v) is 19.0. The second kappa shape index (κ2) is 11.5. The van der Waals surface area contributed by atoms with Crippen molar-refractivity contribution in [1.29, 1.82) is 0 Å². The van der Waals surface area contributed by atoms with Crippen LogP contribution in [-0.2, 0) is 17.9 Å². The molecule has 1 aromatic heterocycles. The van der Waals surface area contributed by atoms with Gasteiger partial charge in [-0.3, -0.25) is 10.1 Å². The zero-order valence-electron chi connectivity index (χ0n) is 19.0. The van der Waals surface area contributed by atoms with Crippen molar-refractivity contribution in [3.05, 3.63) is 94.8 Å². The number of aryl methyl sites for hydroxylation is 2. The van der Waals surface area contributed by atoms with Crippen molar-refractivity contribution in [3.8, 4) is 5.75 Å². The molecule has 0 aliphatic carbocycles. The summed E-state index contributed by atoms with van der Waals surface area (Å²) >= 11 is 0. The number of nitrogens with zero attached hydrogens (tertiary/aromatic N) is 1. The summed E-state index contributed by atoms with van der Waals surface area (Å²) in [6.07, 6.45) is 7.50. The van der Waals surface area contributed by atoms with Gasteiger partial charge in [-0.1, -0.05) is 68.0 Å². The van der Waals surface area contributed by atoms with E-state index >= 15 is 0 Å². The zero-order chi connectivity index (χ0) is 22.9. The Bertz CT molecular complexity index is 1050. The van der Waals surface area contributed by atoms with Gasteiger partial charge in [0.15, 0.2) is 0 Å². The third-order valence-corrected chi connectivity index (χ3v) is 5.40. The molecule has 0 saturated carbocycles. The second-order valence-electron chi connectivity index (χ2n) is 7.85. The Morgan fingerprint density at radius 3 is 2.59 bits per heavy atom. The number of ether oxygens (including phenoxy) is 1. The molecular formula is C27H31NO4. The lowest BCUT2D eigenvalue weighted by Crippen LogP contribution is -2.21. The van der Waals surface area contributed by atoms with Crippen molar-refractivity contribution in [1.82, 2.24) is 4.57 Å². The highest BCUT2D eigenvalue weighted by atomic mass is 17.1. The highest BCUT2D eigenvalue weighted by Crippen LogP contribution is 2.19. The van der Waals surface area contributed by atoms with Gasteiger partial charge in [-0.15, -0.1) is 0 Å². The minimum atomic E-state index is -0.207. The quantitative estimate of drug-likeness (QED) is 0.231. The number of allylic oxidation sites excluding steroid dienone is 1. The van der Waals surface area contributed by atoms with E-state index in [9.17, 15) is 4.79 Å². The van der Waals surface area contributed by atoms with Gasteiger partial charge in [-0.2, -0.15) is 0 Å². The predicted octanol–water partition coefficient (Wildman–Crippen LogP) is 5.95. The third-order valence-electron chi connectivity index (χ3n) is 5.40. The molecule has 0 radical (unpaired) electrons. The number of ketones is 1. The van der Waals surface area contributed by atoms with Crippen molar-refractivity contribution >= 4 is 11.9 Å². The molecule has 0 fully saturated rings. The monoisotopic (exact) mass is 433 g/mol. The Morgan fingerprint density at radius 1 is 1.12 bits per heavy atom. The summed E-state index contributed by atoms with van der Waals surface area (Å²) in [6.45, 7) is 6.80. The summed E-state index contributed by atoms with van der Waals surface area (Å²) in [4.78, 5) is 17.3. The van der Waals surface area contributed by atoms with Gasteiger partial charge in [0.25, 0.3) is 0 Å². The molecule has 168 valence electrons. The SMILES string of the molecule is CCc1cc(C(=O)c2ccc(C)cc2)n(CC=Cc2cccc(O[C@@H](CC)COO)c2)c1. The molecule has 1 heterocycles. The van der Waals surface area contributed by atoms with Crippen LogP contribution in [0.4, 0.5) is 0 Å². The Labute approximate surface area is 189 Å². The van der Waals surface area contributed by atoms with Crippen LogP contribution in [0.25, 0.3) is 6.08 Å². The first-order valence-electron chi connectivity index (χ1n) is 11.0. The highest BCUT2D eigenvalue weighted by molar-refractivity contribution is 6.08. The standard InChI is InChI=1S/C27H31NO4/c1-4-21-17-26(27(29)23-13-11-20(3)12-14-23)28(18-21)15-7-9-22-8-6-10-25(16-22)32-24(5-2)19-31-30/h6-14,16-18,24,30H,4-5,15,19H2,1-3H3/t24-/m0/s1. The first kappa shape index (κ1) is 23.5. The van der Waals surface area contributed by atoms with E-state index in [1.165, 1.54) is 0 Å². The maximum atomic E-state index is 13.1. The van der Waals surface area contributed by atoms with Crippen molar-refractivity contribution < 1.29 is 19.7 Å². The van der Waals surface area contributed by atoms with Crippen LogP contribution in [0.2, 0.25) is 0 Å². The van der Waals surface area contributed by atoms with E-state index in [1.807, 2.05) is 91.4 Å². The van der Waals surface area contributed by atoms with Crippen LogP contribution in [0.3, 0.4) is 0 Å². The van der Waals surface area contributed by atoms with Crippen LogP contribution in [-0.4, -0.2) is 28.3 Å². The normalized spacial score (nSPS) is 12.2. The number of hydrogen-bond acceptors (Lipinski definition) is 4. The van der Waals surface area contributed by atoms with E-state index in [4.69, 9.17) is 9.99 Å². The Morgan fingerprint density at radius 2 is 1.91 bits per heavy atom. The average molecular weight is 434 g/mol. The van der Waals surface area contributed by atoms with Gasteiger partial charge in [-0.05, 0) is 49.1 Å². The van der Waals surface area contributed by atoms with Gasteiger partial charge in [0, 0.05) is 18.3 Å². The minimum absolute atomic E-state index is 0.0326. The largest absolute Gasteiger partial charge is 0.488 e. The van der Waals surface area contributed by atoms with Crippen LogP contribution in [0, 0.1) is 6.92 Å². The fraction of sp³-hybridized carbons (Fsp3) is 0.296. The summed E-state index contributed by atoms with van der Waals surface area (Å²) in [7, 11) is 0. The van der Waals surface area contributed by atoms with Gasteiger partial charge >= 0.3 is 0 Å². The summed E-state index contributed by atoms with van der Waals surface area (Å²) in [6, 6.07) is 17.4. The van der Waals surface area contributed by atoms with Gasteiger partial charge in [0.05, 0.1) is 5.69 Å². The Kier molecular flexibility index (Phi) is 8.42. The number of hydrogen-bond donors (Lipinski definition) is 1. The molecule has 0 aliphatic rings. The predicted molar refractivity (Wildman–Crippen MR) is 127 cm³/mol. The summed E-state index contributed by atoms with van der Waals surface area (Å²) in [5, 5.41) is 8.67. The number of benzene rings is 2. The fourth-order valence-electron chi connectivity index (χ4n) is 3.46. The molecule has 0 amide bonds. The van der Waals surface area contributed by atoms with Gasteiger partial charge < -0.3 is 9.30 Å². The smallest absolute Gasteiger partial charge is 0.209 e. The topological polar surface area (TPSA) is 60.7 Å². The molecular weight excluding hydrogens is 402 g/mol. The first-order chi connectivity index (χ1) is 15.5. The van der Waals surface area contributed by atoms with E-state index in [0.29, 0.717) is 17.8 Å². The molecule has 1 atom stereocenters. The molecule has 3 rings (SSSR count). The van der Waals surface area contributed by atoms with Crippen LogP contribution in [0.1, 0.15) is 53.0 Å². The van der Waals surface area contributed by atoms with E-state index in [0.717, 1.165) is 35.3 Å². The molecule has 2 aromatic carbocycles. The third kappa shape index (κ3) is 6.19. The fourth-order valence-corrected chi connectivity index (χ4v) is 3.46. The number of aromatic nitrogens is 1. The average Bonchev–Trinajstić information content (AvgIpc) is 3.22. The lowest BCUT2D eigenvalue weighted by Gasteiger charge is -2.16. The molecule has 32 heavy (non-hydrogen) atoms. The lowest BCUT2D eigenvalue weighted by molar-refractivity contribution is -0.254. The number of carbonyl (C=O) groups excluding carboxylic acids is 1. The maximum absolute atomic E-state index is 13.1. The summed E-state index contributed by atoms with van der Waals surface area (Å²) < 4.78 is 7.87. The van der Waals surface area contributed by atoms with Crippen molar-refractivity contribution in [2.24, 2.45) is 0 Å². The first-order valence-corrected chi connectivity index (χ1v) is 11.0. The minimum Gasteiger partial charge on any atom is -0.488 e. The van der Waals surface area contributed by atoms with E-state index in [2.05, 4.69) is 11.8 Å². The molecule has 1 N–H and O–H groups in total. The lowest BCUT2D eigenvalue weighted by atomic mass is 10.1. The molecule has 5 nitrogen and oxygen atoms in total. The van der Waals surface area contributed by atoms with Gasteiger partial charge in [0.2, 0.25) is 5.78 Å². The molecule has 0 saturated heterocycles. The molecule has 0 aliphatic heterocycles. The Hall–Kier alpha value is -3.15. The van der Waals surface area contributed by atoms with Crippen molar-refractivity contribution in [2.75, 3.05) is 6.61 Å². The summed E-state index contributed by atoms with van der Waals surface area (Å²) in [5.41, 5.74) is 4.66. The molecule has 3 aromatic rings. The van der Waals surface area contributed by atoms with Gasteiger partial charge in [-0.25, -0.2) is 4.89 Å². The maximum Gasteiger partial charge on any atom is 0.209 e. The van der Waals surface area contributed by atoms with Crippen molar-refractivity contribution in [2.45, 2.75) is 46.3 Å². The molecule has 0 bridgehead atoms. The Balaban J connectivity index is 1.74.